The third-order valence-electron chi connectivity index (χ3n) is 4.51. The Morgan fingerprint density at radius 2 is 1.83 bits per heavy atom. The van der Waals surface area contributed by atoms with E-state index in [9.17, 15) is 0 Å². The second kappa shape index (κ2) is 7.46. The molecule has 0 aromatic heterocycles. The average molecular weight is 254 g/mol. The van der Waals surface area contributed by atoms with Crippen molar-refractivity contribution in [2.45, 2.75) is 70.5 Å². The van der Waals surface area contributed by atoms with Gasteiger partial charge in [0.2, 0.25) is 0 Å². The molecule has 0 radical (unpaired) electrons. The van der Waals surface area contributed by atoms with Crippen LogP contribution in [0.2, 0.25) is 0 Å². The largest absolute Gasteiger partial charge is 0.380 e. The SMILES string of the molecule is CCCCOCCN1C2CCC1CC(NCC)C2. The van der Waals surface area contributed by atoms with Gasteiger partial charge in [0.25, 0.3) is 0 Å². The number of rotatable bonds is 8. The van der Waals surface area contributed by atoms with Gasteiger partial charge in [0.1, 0.15) is 0 Å². The lowest BCUT2D eigenvalue weighted by Gasteiger charge is -2.39. The molecular weight excluding hydrogens is 224 g/mol. The van der Waals surface area contributed by atoms with Crippen molar-refractivity contribution in [3.8, 4) is 0 Å². The standard InChI is InChI=1S/C15H30N2O/c1-3-5-9-18-10-8-17-14-6-7-15(17)12-13(11-14)16-4-2/h13-16H,3-12H2,1-2H3. The normalized spacial score (nSPS) is 32.0. The lowest BCUT2D eigenvalue weighted by molar-refractivity contribution is 0.0581. The van der Waals surface area contributed by atoms with Crippen molar-refractivity contribution in [2.75, 3.05) is 26.3 Å². The summed E-state index contributed by atoms with van der Waals surface area (Å²) in [6.45, 7) is 8.58. The molecule has 3 heteroatoms. The molecule has 2 saturated heterocycles. The molecule has 0 aromatic carbocycles. The lowest BCUT2D eigenvalue weighted by atomic mass is 9.97. The maximum atomic E-state index is 5.72. The molecule has 2 unspecified atom stereocenters. The molecule has 0 amide bonds. The third kappa shape index (κ3) is 3.69. The van der Waals surface area contributed by atoms with E-state index in [2.05, 4.69) is 24.1 Å². The van der Waals surface area contributed by atoms with Gasteiger partial charge in [0.15, 0.2) is 0 Å². The molecule has 3 nitrogen and oxygen atoms in total. The van der Waals surface area contributed by atoms with Crippen molar-refractivity contribution in [1.29, 1.82) is 0 Å². The number of fused-ring (bicyclic) bond motifs is 2. The van der Waals surface area contributed by atoms with Gasteiger partial charge >= 0.3 is 0 Å². The van der Waals surface area contributed by atoms with E-state index in [1.807, 2.05) is 0 Å². The van der Waals surface area contributed by atoms with Gasteiger partial charge in [-0.3, -0.25) is 4.90 Å². The molecule has 2 bridgehead atoms. The molecule has 2 rings (SSSR count). The Hall–Kier alpha value is -0.120. The molecule has 2 aliphatic rings. The maximum Gasteiger partial charge on any atom is 0.0593 e. The van der Waals surface area contributed by atoms with Crippen LogP contribution < -0.4 is 5.32 Å². The van der Waals surface area contributed by atoms with Crippen LogP contribution in [0.25, 0.3) is 0 Å². The molecule has 0 aliphatic carbocycles. The minimum absolute atomic E-state index is 0.768. The number of hydrogen-bond donors (Lipinski definition) is 1. The Morgan fingerprint density at radius 3 is 2.44 bits per heavy atom. The van der Waals surface area contributed by atoms with E-state index in [0.29, 0.717) is 0 Å². The van der Waals surface area contributed by atoms with Crippen molar-refractivity contribution >= 4 is 0 Å². The minimum Gasteiger partial charge on any atom is -0.380 e. The van der Waals surface area contributed by atoms with Crippen molar-refractivity contribution in [2.24, 2.45) is 0 Å². The van der Waals surface area contributed by atoms with Gasteiger partial charge in [-0.15, -0.1) is 0 Å². The monoisotopic (exact) mass is 254 g/mol. The van der Waals surface area contributed by atoms with E-state index in [4.69, 9.17) is 4.74 Å². The molecule has 2 heterocycles. The van der Waals surface area contributed by atoms with Crippen LogP contribution >= 0.6 is 0 Å². The molecule has 0 spiro atoms. The van der Waals surface area contributed by atoms with Gasteiger partial charge in [-0.25, -0.2) is 0 Å². The first-order chi connectivity index (χ1) is 8.85. The van der Waals surface area contributed by atoms with Crippen LogP contribution in [-0.2, 0) is 4.74 Å². The van der Waals surface area contributed by atoms with Gasteiger partial charge in [-0.05, 0) is 38.6 Å². The zero-order valence-electron chi connectivity index (χ0n) is 12.2. The highest BCUT2D eigenvalue weighted by molar-refractivity contribution is 4.97. The van der Waals surface area contributed by atoms with E-state index >= 15 is 0 Å². The molecule has 0 aromatic rings. The summed E-state index contributed by atoms with van der Waals surface area (Å²) in [5, 5.41) is 3.63. The first kappa shape index (κ1) is 14.3. The Labute approximate surface area is 112 Å². The van der Waals surface area contributed by atoms with Crippen molar-refractivity contribution in [3.63, 3.8) is 0 Å². The van der Waals surface area contributed by atoms with Gasteiger partial charge in [-0.2, -0.15) is 0 Å². The van der Waals surface area contributed by atoms with Crippen LogP contribution in [-0.4, -0.2) is 49.3 Å². The predicted octanol–water partition coefficient (Wildman–Crippen LogP) is 2.41. The van der Waals surface area contributed by atoms with Crippen molar-refractivity contribution in [3.05, 3.63) is 0 Å². The topological polar surface area (TPSA) is 24.5 Å². The fourth-order valence-corrected chi connectivity index (χ4v) is 3.61. The van der Waals surface area contributed by atoms with E-state index < -0.39 is 0 Å². The highest BCUT2D eigenvalue weighted by Crippen LogP contribution is 2.35. The van der Waals surface area contributed by atoms with Crippen LogP contribution in [0.15, 0.2) is 0 Å². The summed E-state index contributed by atoms with van der Waals surface area (Å²) in [5.41, 5.74) is 0. The Kier molecular flexibility index (Phi) is 5.93. The lowest BCUT2D eigenvalue weighted by Crippen LogP contribution is -2.50. The van der Waals surface area contributed by atoms with E-state index in [1.165, 1.54) is 38.5 Å². The molecule has 18 heavy (non-hydrogen) atoms. The molecule has 2 atom stereocenters. The predicted molar refractivity (Wildman–Crippen MR) is 75.9 cm³/mol. The Balaban J connectivity index is 1.68. The van der Waals surface area contributed by atoms with Crippen LogP contribution in [0, 0.1) is 0 Å². The molecular formula is C15H30N2O. The van der Waals surface area contributed by atoms with E-state index in [0.717, 1.165) is 44.4 Å². The fourth-order valence-electron chi connectivity index (χ4n) is 3.61. The van der Waals surface area contributed by atoms with Gasteiger partial charge in [0.05, 0.1) is 6.61 Å². The van der Waals surface area contributed by atoms with Crippen LogP contribution in [0.3, 0.4) is 0 Å². The van der Waals surface area contributed by atoms with Crippen LogP contribution in [0.5, 0.6) is 0 Å². The van der Waals surface area contributed by atoms with Gasteiger partial charge < -0.3 is 10.1 Å². The summed E-state index contributed by atoms with van der Waals surface area (Å²) < 4.78 is 5.72. The van der Waals surface area contributed by atoms with Crippen molar-refractivity contribution in [1.82, 2.24) is 10.2 Å². The molecule has 106 valence electrons. The fraction of sp³-hybridized carbons (Fsp3) is 1.00. The number of unbranched alkanes of at least 4 members (excludes halogenated alkanes) is 1. The summed E-state index contributed by atoms with van der Waals surface area (Å²) in [4.78, 5) is 2.72. The highest BCUT2D eigenvalue weighted by Gasteiger charge is 2.39. The first-order valence-electron chi connectivity index (χ1n) is 7.92. The second-order valence-corrected chi connectivity index (χ2v) is 5.81. The smallest absolute Gasteiger partial charge is 0.0593 e. The summed E-state index contributed by atoms with van der Waals surface area (Å²) in [6, 6.07) is 2.41. The Morgan fingerprint density at radius 1 is 1.11 bits per heavy atom. The Bertz CT molecular complexity index is 221. The first-order valence-corrected chi connectivity index (χ1v) is 7.92. The number of hydrogen-bond acceptors (Lipinski definition) is 3. The zero-order chi connectivity index (χ0) is 12.8. The van der Waals surface area contributed by atoms with E-state index in [-0.39, 0.29) is 0 Å². The average Bonchev–Trinajstić information content (AvgIpc) is 2.60. The number of ether oxygens (including phenoxy) is 1. The minimum atomic E-state index is 0.768. The third-order valence-corrected chi connectivity index (χ3v) is 4.51. The highest BCUT2D eigenvalue weighted by atomic mass is 16.5. The van der Waals surface area contributed by atoms with Gasteiger partial charge in [-0.1, -0.05) is 20.3 Å². The zero-order valence-corrected chi connectivity index (χ0v) is 12.2. The number of nitrogens with one attached hydrogen (secondary N) is 1. The summed E-state index contributed by atoms with van der Waals surface area (Å²) in [6.07, 6.45) is 7.94. The molecule has 1 N–H and O–H groups in total. The molecule has 2 aliphatic heterocycles. The molecule has 2 fully saturated rings. The van der Waals surface area contributed by atoms with E-state index in [1.54, 1.807) is 0 Å². The quantitative estimate of drug-likeness (QED) is 0.673. The van der Waals surface area contributed by atoms with Gasteiger partial charge in [0, 0.05) is 31.3 Å². The number of nitrogens with zero attached hydrogens (tertiary/aromatic N) is 1. The van der Waals surface area contributed by atoms with Crippen molar-refractivity contribution < 1.29 is 4.74 Å². The maximum absolute atomic E-state index is 5.72. The van der Waals surface area contributed by atoms with Crippen LogP contribution in [0.1, 0.15) is 52.4 Å². The number of piperidine rings is 1. The summed E-state index contributed by atoms with van der Waals surface area (Å²) in [7, 11) is 0. The molecule has 0 saturated carbocycles. The second-order valence-electron chi connectivity index (χ2n) is 5.81. The summed E-state index contributed by atoms with van der Waals surface area (Å²) >= 11 is 0. The van der Waals surface area contributed by atoms with Crippen LogP contribution in [0.4, 0.5) is 0 Å². The summed E-state index contributed by atoms with van der Waals surface area (Å²) in [5.74, 6) is 0.